The van der Waals surface area contributed by atoms with Crippen molar-refractivity contribution >= 4 is 23.2 Å². The van der Waals surface area contributed by atoms with Crippen LogP contribution in [0.5, 0.6) is 0 Å². The van der Waals surface area contributed by atoms with Crippen molar-refractivity contribution in [2.24, 2.45) is 0 Å². The normalized spacial score (nSPS) is 20.4. The zero-order chi connectivity index (χ0) is 22.7. The van der Waals surface area contributed by atoms with E-state index in [1.807, 2.05) is 47.4 Å². The lowest BCUT2D eigenvalue weighted by atomic mass is 9.70. The highest BCUT2D eigenvalue weighted by Gasteiger charge is 2.41. The van der Waals surface area contributed by atoms with Gasteiger partial charge in [0.2, 0.25) is 0 Å². The van der Waals surface area contributed by atoms with Crippen molar-refractivity contribution in [3.05, 3.63) is 60.2 Å². The van der Waals surface area contributed by atoms with Gasteiger partial charge in [0.25, 0.3) is 0 Å². The number of likely N-dealkylation sites (tertiary alicyclic amines) is 1. The molecule has 2 aromatic carbocycles. The lowest BCUT2D eigenvalue weighted by molar-refractivity contribution is -0.124. The monoisotopic (exact) mass is 434 g/mol. The Morgan fingerprint density at radius 2 is 1.62 bits per heavy atom. The SMILES string of the molecule is CC(=O)C1(c2ccccc2)CCN(C(=O)Nc2ccc(N3CCC(N(C)C)C3)cc2)CC1. The van der Waals surface area contributed by atoms with Gasteiger partial charge in [-0.2, -0.15) is 0 Å². The van der Waals surface area contributed by atoms with Crippen LogP contribution in [0.4, 0.5) is 16.2 Å². The van der Waals surface area contributed by atoms with E-state index in [1.54, 1.807) is 6.92 Å². The Labute approximate surface area is 191 Å². The Bertz CT molecular complexity index is 934. The van der Waals surface area contributed by atoms with Crippen molar-refractivity contribution in [1.82, 2.24) is 9.80 Å². The van der Waals surface area contributed by atoms with Gasteiger partial charge in [-0.15, -0.1) is 0 Å². The minimum Gasteiger partial charge on any atom is -0.370 e. The van der Waals surface area contributed by atoms with Crippen molar-refractivity contribution in [1.29, 1.82) is 0 Å². The summed E-state index contributed by atoms with van der Waals surface area (Å²) < 4.78 is 0. The zero-order valence-electron chi connectivity index (χ0n) is 19.4. The molecule has 1 unspecified atom stereocenters. The zero-order valence-corrected chi connectivity index (χ0v) is 19.4. The number of urea groups is 1. The molecule has 0 aromatic heterocycles. The third-order valence-electron chi connectivity index (χ3n) is 7.28. The van der Waals surface area contributed by atoms with E-state index >= 15 is 0 Å². The molecular formula is C26H34N4O2. The number of nitrogens with zero attached hydrogens (tertiary/aromatic N) is 3. The van der Waals surface area contributed by atoms with Crippen molar-refractivity contribution in [2.75, 3.05) is 50.5 Å². The number of hydrogen-bond donors (Lipinski definition) is 1. The summed E-state index contributed by atoms with van der Waals surface area (Å²) in [6.45, 7) is 4.90. The van der Waals surface area contributed by atoms with Crippen molar-refractivity contribution in [3.63, 3.8) is 0 Å². The van der Waals surface area contributed by atoms with E-state index in [9.17, 15) is 9.59 Å². The number of ketones is 1. The summed E-state index contributed by atoms with van der Waals surface area (Å²) in [6, 6.07) is 18.6. The first-order chi connectivity index (χ1) is 15.4. The van der Waals surface area contributed by atoms with E-state index in [-0.39, 0.29) is 11.8 Å². The van der Waals surface area contributed by atoms with Crippen LogP contribution in [0, 0.1) is 0 Å². The van der Waals surface area contributed by atoms with Crippen LogP contribution in [-0.2, 0) is 10.2 Å². The third kappa shape index (κ3) is 4.51. The number of Topliss-reactive ketones (excluding diaryl/α,β-unsaturated/α-hetero) is 1. The second-order valence-corrected chi connectivity index (χ2v) is 9.32. The maximum absolute atomic E-state index is 12.9. The number of anilines is 2. The average Bonchev–Trinajstić information content (AvgIpc) is 3.31. The first kappa shape index (κ1) is 22.3. The fourth-order valence-electron chi connectivity index (χ4n) is 5.05. The molecule has 2 aliphatic rings. The minimum atomic E-state index is -0.486. The molecule has 0 bridgehead atoms. The molecule has 2 saturated heterocycles. The molecule has 32 heavy (non-hydrogen) atoms. The van der Waals surface area contributed by atoms with Crippen LogP contribution in [-0.4, -0.2) is 67.9 Å². The van der Waals surface area contributed by atoms with Crippen LogP contribution in [0.1, 0.15) is 31.7 Å². The quantitative estimate of drug-likeness (QED) is 0.773. The van der Waals surface area contributed by atoms with Crippen molar-refractivity contribution in [2.45, 2.75) is 37.6 Å². The van der Waals surface area contributed by atoms with E-state index in [0.29, 0.717) is 32.0 Å². The average molecular weight is 435 g/mol. The lowest BCUT2D eigenvalue weighted by Crippen LogP contribution is -2.49. The van der Waals surface area contributed by atoms with E-state index in [0.717, 1.165) is 24.3 Å². The van der Waals surface area contributed by atoms with Crippen LogP contribution in [0.25, 0.3) is 0 Å². The van der Waals surface area contributed by atoms with Gasteiger partial charge in [0.1, 0.15) is 5.78 Å². The summed E-state index contributed by atoms with van der Waals surface area (Å²) in [5.74, 6) is 0.178. The third-order valence-corrected chi connectivity index (χ3v) is 7.28. The molecule has 2 amide bonds. The van der Waals surface area contributed by atoms with Gasteiger partial charge in [0, 0.05) is 43.6 Å². The molecule has 2 aromatic rings. The molecule has 0 radical (unpaired) electrons. The molecule has 0 aliphatic carbocycles. The van der Waals surface area contributed by atoms with Gasteiger partial charge in [0.15, 0.2) is 0 Å². The van der Waals surface area contributed by atoms with E-state index in [1.165, 1.54) is 12.1 Å². The molecular weight excluding hydrogens is 400 g/mol. The van der Waals surface area contributed by atoms with E-state index < -0.39 is 5.41 Å². The van der Waals surface area contributed by atoms with Gasteiger partial charge in [-0.25, -0.2) is 4.79 Å². The largest absolute Gasteiger partial charge is 0.370 e. The molecule has 6 heteroatoms. The number of nitrogens with one attached hydrogen (secondary N) is 1. The number of likely N-dealkylation sites (N-methyl/N-ethyl adjacent to an activating group) is 1. The molecule has 2 heterocycles. The van der Waals surface area contributed by atoms with Crippen molar-refractivity contribution < 1.29 is 9.59 Å². The summed E-state index contributed by atoms with van der Waals surface area (Å²) in [6.07, 6.45) is 2.48. The standard InChI is InChI=1S/C26H34N4O2/c1-20(31)26(21-7-5-4-6-8-21)14-17-29(18-15-26)25(32)27-22-9-11-23(12-10-22)30-16-13-24(19-30)28(2)3/h4-12,24H,13-19H2,1-3H3,(H,27,32). The van der Waals surface area contributed by atoms with Crippen LogP contribution >= 0.6 is 0 Å². The maximum atomic E-state index is 12.9. The smallest absolute Gasteiger partial charge is 0.321 e. The second kappa shape index (κ2) is 9.33. The maximum Gasteiger partial charge on any atom is 0.321 e. The number of amides is 2. The fraction of sp³-hybridized carbons (Fsp3) is 0.462. The summed E-state index contributed by atoms with van der Waals surface area (Å²) in [5.41, 5.74) is 2.56. The number of hydrogen-bond acceptors (Lipinski definition) is 4. The Hall–Kier alpha value is -2.86. The summed E-state index contributed by atoms with van der Waals surface area (Å²) in [7, 11) is 4.27. The van der Waals surface area contributed by atoms with Crippen molar-refractivity contribution in [3.8, 4) is 0 Å². The molecule has 1 atom stereocenters. The Kier molecular flexibility index (Phi) is 6.51. The number of carbonyl (C=O) groups excluding carboxylic acids is 2. The molecule has 2 aliphatic heterocycles. The molecule has 170 valence electrons. The van der Waals surface area contributed by atoms with Gasteiger partial charge in [-0.05, 0) is 70.1 Å². The molecule has 0 saturated carbocycles. The van der Waals surface area contributed by atoms with Gasteiger partial charge >= 0.3 is 6.03 Å². The lowest BCUT2D eigenvalue weighted by Gasteiger charge is -2.40. The highest BCUT2D eigenvalue weighted by molar-refractivity contribution is 5.91. The number of benzene rings is 2. The summed E-state index contributed by atoms with van der Waals surface area (Å²) in [4.78, 5) is 31.9. The highest BCUT2D eigenvalue weighted by Crippen LogP contribution is 2.36. The Balaban J connectivity index is 1.35. The number of carbonyl (C=O) groups is 2. The Morgan fingerprint density at radius 3 is 2.19 bits per heavy atom. The predicted molar refractivity (Wildman–Crippen MR) is 129 cm³/mol. The fourth-order valence-corrected chi connectivity index (χ4v) is 5.05. The van der Waals surface area contributed by atoms with Crippen LogP contribution < -0.4 is 10.2 Å². The van der Waals surface area contributed by atoms with Crippen LogP contribution in [0.2, 0.25) is 0 Å². The first-order valence-corrected chi connectivity index (χ1v) is 11.5. The number of rotatable bonds is 5. The molecule has 6 nitrogen and oxygen atoms in total. The van der Waals surface area contributed by atoms with E-state index in [2.05, 4.69) is 41.3 Å². The van der Waals surface area contributed by atoms with Gasteiger partial charge in [0.05, 0.1) is 5.41 Å². The molecule has 0 spiro atoms. The topological polar surface area (TPSA) is 55.9 Å². The second-order valence-electron chi connectivity index (χ2n) is 9.32. The summed E-state index contributed by atoms with van der Waals surface area (Å²) in [5, 5.41) is 3.03. The van der Waals surface area contributed by atoms with Gasteiger partial charge in [-0.1, -0.05) is 30.3 Å². The molecule has 4 rings (SSSR count). The number of piperidine rings is 1. The van der Waals surface area contributed by atoms with Gasteiger partial charge in [-0.3, -0.25) is 4.79 Å². The minimum absolute atomic E-state index is 0.100. The predicted octanol–water partition coefficient (Wildman–Crippen LogP) is 3.98. The highest BCUT2D eigenvalue weighted by atomic mass is 16.2. The van der Waals surface area contributed by atoms with Crippen LogP contribution in [0.3, 0.4) is 0 Å². The molecule has 2 fully saturated rings. The summed E-state index contributed by atoms with van der Waals surface area (Å²) >= 11 is 0. The molecule has 1 N–H and O–H groups in total. The van der Waals surface area contributed by atoms with E-state index in [4.69, 9.17) is 0 Å². The first-order valence-electron chi connectivity index (χ1n) is 11.5. The van der Waals surface area contributed by atoms with Crippen LogP contribution in [0.15, 0.2) is 54.6 Å². The van der Waals surface area contributed by atoms with Gasteiger partial charge < -0.3 is 20.0 Å². The Morgan fingerprint density at radius 1 is 0.969 bits per heavy atom.